The summed E-state index contributed by atoms with van der Waals surface area (Å²) in [5.74, 6) is -0.863. The van der Waals surface area contributed by atoms with E-state index in [4.69, 9.17) is 0 Å². The first-order valence-corrected chi connectivity index (χ1v) is 6.56. The monoisotopic (exact) mass is 265 g/mol. The Labute approximate surface area is 112 Å². The summed E-state index contributed by atoms with van der Waals surface area (Å²) < 4.78 is 14.0. The number of anilines is 1. The molecule has 5 heteroatoms. The highest BCUT2D eigenvalue weighted by atomic mass is 19.1. The Balaban J connectivity index is 2.09. The van der Waals surface area contributed by atoms with E-state index < -0.39 is 5.82 Å². The molecule has 1 aromatic rings. The van der Waals surface area contributed by atoms with Crippen LogP contribution in [0.2, 0.25) is 0 Å². The molecule has 19 heavy (non-hydrogen) atoms. The van der Waals surface area contributed by atoms with Crippen molar-refractivity contribution in [3.05, 3.63) is 23.6 Å². The number of halogens is 1. The summed E-state index contributed by atoms with van der Waals surface area (Å²) in [7, 11) is 1.58. The summed E-state index contributed by atoms with van der Waals surface area (Å²) in [5.41, 5.74) is 0.300. The van der Waals surface area contributed by atoms with Gasteiger partial charge in [0.2, 0.25) is 0 Å². The maximum atomic E-state index is 14.0. The second kappa shape index (κ2) is 5.15. The predicted molar refractivity (Wildman–Crippen MR) is 72.6 cm³/mol. The van der Waals surface area contributed by atoms with Crippen molar-refractivity contribution in [2.24, 2.45) is 5.41 Å². The van der Waals surface area contributed by atoms with Crippen LogP contribution in [0.4, 0.5) is 10.2 Å². The van der Waals surface area contributed by atoms with E-state index in [9.17, 15) is 9.18 Å². The summed E-state index contributed by atoms with van der Waals surface area (Å²) in [6.45, 7) is 4.37. The standard InChI is InChI=1S/C14H20FN3O/c1-14(2)6-4-9(8-14)18-13(19)10-5-7-17-12(16-3)11(10)15/h5,7,9H,4,6,8H2,1-3H3,(H,16,17)(H,18,19). The molecule has 1 aliphatic rings. The summed E-state index contributed by atoms with van der Waals surface area (Å²) >= 11 is 0. The molecule has 0 aliphatic heterocycles. The van der Waals surface area contributed by atoms with Crippen LogP contribution in [0.5, 0.6) is 0 Å². The maximum absolute atomic E-state index is 14.0. The number of hydrogen-bond donors (Lipinski definition) is 2. The van der Waals surface area contributed by atoms with Crippen LogP contribution >= 0.6 is 0 Å². The first-order chi connectivity index (χ1) is 8.93. The van der Waals surface area contributed by atoms with Crippen molar-refractivity contribution in [1.29, 1.82) is 0 Å². The molecule has 2 rings (SSSR count). The van der Waals surface area contributed by atoms with Gasteiger partial charge < -0.3 is 10.6 Å². The van der Waals surface area contributed by atoms with Crippen LogP contribution in [-0.4, -0.2) is 24.0 Å². The van der Waals surface area contributed by atoms with Gasteiger partial charge in [0.05, 0.1) is 5.56 Å². The fraction of sp³-hybridized carbons (Fsp3) is 0.571. The zero-order valence-corrected chi connectivity index (χ0v) is 11.6. The highest BCUT2D eigenvalue weighted by Gasteiger charge is 2.32. The number of amides is 1. The van der Waals surface area contributed by atoms with E-state index in [0.29, 0.717) is 0 Å². The van der Waals surface area contributed by atoms with Crippen molar-refractivity contribution in [1.82, 2.24) is 10.3 Å². The number of hydrogen-bond acceptors (Lipinski definition) is 3. The summed E-state index contributed by atoms with van der Waals surface area (Å²) in [6.07, 6.45) is 4.40. The largest absolute Gasteiger partial charge is 0.371 e. The first-order valence-electron chi connectivity index (χ1n) is 6.56. The molecule has 2 N–H and O–H groups in total. The first kappa shape index (κ1) is 13.8. The van der Waals surface area contributed by atoms with Crippen LogP contribution in [-0.2, 0) is 0 Å². The maximum Gasteiger partial charge on any atom is 0.254 e. The number of nitrogens with zero attached hydrogens (tertiary/aromatic N) is 1. The zero-order chi connectivity index (χ0) is 14.0. The molecule has 1 saturated carbocycles. The third kappa shape index (κ3) is 3.03. The molecular formula is C14H20FN3O. The highest BCUT2D eigenvalue weighted by molar-refractivity contribution is 5.95. The normalized spacial score (nSPS) is 21.2. The average Bonchev–Trinajstić information content (AvgIpc) is 2.68. The van der Waals surface area contributed by atoms with Crippen molar-refractivity contribution in [3.8, 4) is 0 Å². The lowest BCUT2D eigenvalue weighted by Gasteiger charge is -2.18. The van der Waals surface area contributed by atoms with Crippen LogP contribution in [0.3, 0.4) is 0 Å². The molecule has 1 heterocycles. The predicted octanol–water partition coefficient (Wildman–Crippen LogP) is 2.57. The van der Waals surface area contributed by atoms with Gasteiger partial charge in [0.25, 0.3) is 5.91 Å². The van der Waals surface area contributed by atoms with Crippen molar-refractivity contribution < 1.29 is 9.18 Å². The molecule has 0 saturated heterocycles. The smallest absolute Gasteiger partial charge is 0.254 e. The molecular weight excluding hydrogens is 245 g/mol. The Morgan fingerprint density at radius 3 is 2.84 bits per heavy atom. The molecule has 1 aromatic heterocycles. The average molecular weight is 265 g/mol. The highest BCUT2D eigenvalue weighted by Crippen LogP contribution is 2.37. The molecule has 0 spiro atoms. The SMILES string of the molecule is CNc1nccc(C(=O)NC2CCC(C)(C)C2)c1F. The van der Waals surface area contributed by atoms with Gasteiger partial charge in [0.1, 0.15) is 0 Å². The Morgan fingerprint density at radius 2 is 2.26 bits per heavy atom. The Kier molecular flexibility index (Phi) is 3.73. The van der Waals surface area contributed by atoms with Gasteiger partial charge >= 0.3 is 0 Å². The molecule has 1 atom stereocenters. The summed E-state index contributed by atoms with van der Waals surface area (Å²) in [6, 6.07) is 1.54. The fourth-order valence-corrected chi connectivity index (χ4v) is 2.62. The summed E-state index contributed by atoms with van der Waals surface area (Å²) in [5, 5.41) is 5.54. The molecule has 0 radical (unpaired) electrons. The van der Waals surface area contributed by atoms with Crippen molar-refractivity contribution in [2.45, 2.75) is 39.2 Å². The molecule has 0 aromatic carbocycles. The number of aromatic nitrogens is 1. The lowest BCUT2D eigenvalue weighted by molar-refractivity contribution is 0.0932. The van der Waals surface area contributed by atoms with Gasteiger partial charge in [-0.05, 0) is 30.7 Å². The van der Waals surface area contributed by atoms with Gasteiger partial charge in [-0.15, -0.1) is 0 Å². The van der Waals surface area contributed by atoms with Crippen molar-refractivity contribution >= 4 is 11.7 Å². The molecule has 104 valence electrons. The van der Waals surface area contributed by atoms with Gasteiger partial charge in [0.15, 0.2) is 11.6 Å². The van der Waals surface area contributed by atoms with E-state index in [1.807, 2.05) is 0 Å². The van der Waals surface area contributed by atoms with E-state index >= 15 is 0 Å². The molecule has 1 unspecified atom stereocenters. The quantitative estimate of drug-likeness (QED) is 0.883. The third-order valence-corrected chi connectivity index (χ3v) is 3.67. The van der Waals surface area contributed by atoms with Crippen LogP contribution in [0, 0.1) is 11.2 Å². The van der Waals surface area contributed by atoms with E-state index in [0.717, 1.165) is 19.3 Å². The van der Waals surface area contributed by atoms with Crippen molar-refractivity contribution in [2.75, 3.05) is 12.4 Å². The van der Waals surface area contributed by atoms with Crippen LogP contribution in [0.25, 0.3) is 0 Å². The van der Waals surface area contributed by atoms with Crippen molar-refractivity contribution in [3.63, 3.8) is 0 Å². The molecule has 1 fully saturated rings. The second-order valence-electron chi connectivity index (χ2n) is 5.85. The third-order valence-electron chi connectivity index (χ3n) is 3.67. The lowest BCUT2D eigenvalue weighted by Crippen LogP contribution is -2.34. The Hall–Kier alpha value is -1.65. The summed E-state index contributed by atoms with van der Waals surface area (Å²) in [4.78, 5) is 15.9. The number of nitrogens with one attached hydrogen (secondary N) is 2. The van der Waals surface area contributed by atoms with Gasteiger partial charge in [-0.1, -0.05) is 13.8 Å². The van der Waals surface area contributed by atoms with E-state index in [1.54, 1.807) is 7.05 Å². The molecule has 4 nitrogen and oxygen atoms in total. The van der Waals surface area contributed by atoms with Crippen LogP contribution in [0.15, 0.2) is 12.3 Å². The van der Waals surface area contributed by atoms with Gasteiger partial charge in [-0.3, -0.25) is 4.79 Å². The van der Waals surface area contributed by atoms with E-state index in [1.165, 1.54) is 12.3 Å². The molecule has 1 amide bonds. The van der Waals surface area contributed by atoms with Crippen LogP contribution in [0.1, 0.15) is 43.5 Å². The fourth-order valence-electron chi connectivity index (χ4n) is 2.62. The van der Waals surface area contributed by atoms with Gasteiger partial charge in [-0.2, -0.15) is 0 Å². The van der Waals surface area contributed by atoms with E-state index in [2.05, 4.69) is 29.5 Å². The zero-order valence-electron chi connectivity index (χ0n) is 11.6. The molecule has 0 bridgehead atoms. The number of carbonyl (C=O) groups excluding carboxylic acids is 1. The minimum atomic E-state index is -0.597. The number of pyridine rings is 1. The minimum absolute atomic E-state index is 0.0454. The second-order valence-corrected chi connectivity index (χ2v) is 5.85. The van der Waals surface area contributed by atoms with E-state index in [-0.39, 0.29) is 28.7 Å². The topological polar surface area (TPSA) is 54.0 Å². The van der Waals surface area contributed by atoms with Crippen LogP contribution < -0.4 is 10.6 Å². The Bertz CT molecular complexity index is 488. The number of carbonyl (C=O) groups is 1. The number of rotatable bonds is 3. The Morgan fingerprint density at radius 1 is 1.53 bits per heavy atom. The molecule has 1 aliphatic carbocycles. The van der Waals surface area contributed by atoms with Gasteiger partial charge in [-0.25, -0.2) is 9.37 Å². The lowest BCUT2D eigenvalue weighted by atomic mass is 9.92. The van der Waals surface area contributed by atoms with Gasteiger partial charge in [0, 0.05) is 19.3 Å². The minimum Gasteiger partial charge on any atom is -0.371 e.